The van der Waals surface area contributed by atoms with E-state index in [0.29, 0.717) is 22.1 Å². The Bertz CT molecular complexity index is 1070. The fourth-order valence-corrected chi connectivity index (χ4v) is 5.41. The van der Waals surface area contributed by atoms with Crippen molar-refractivity contribution in [2.24, 2.45) is 0 Å². The molecule has 3 aromatic rings. The molecule has 3 heterocycles. The van der Waals surface area contributed by atoms with Gasteiger partial charge in [0.05, 0.1) is 9.79 Å². The first-order chi connectivity index (χ1) is 12.5. The molecule has 27 heavy (non-hydrogen) atoms. The van der Waals surface area contributed by atoms with Gasteiger partial charge >= 0.3 is 0 Å². The summed E-state index contributed by atoms with van der Waals surface area (Å²) in [5, 5.41) is 1.05. The molecule has 1 fully saturated rings. The van der Waals surface area contributed by atoms with Crippen LogP contribution in [0, 0.1) is 0 Å². The summed E-state index contributed by atoms with van der Waals surface area (Å²) in [4.78, 5) is 7.25. The second-order valence-electron chi connectivity index (χ2n) is 6.76. The smallest absolute Gasteiger partial charge is 0.208 e. The fourth-order valence-electron chi connectivity index (χ4n) is 3.64. The van der Waals surface area contributed by atoms with Gasteiger partial charge in [0, 0.05) is 35.4 Å². The second kappa shape index (κ2) is 7.80. The number of halogens is 2. The SMILES string of the molecule is CN1CCCC1Cn1cc(S(=O)(=O)c2cccc(Cl)c2)c2cccnc21.Cl. The van der Waals surface area contributed by atoms with E-state index in [1.54, 1.807) is 36.7 Å². The van der Waals surface area contributed by atoms with Gasteiger partial charge < -0.3 is 9.47 Å². The Hall–Kier alpha value is -1.60. The Morgan fingerprint density at radius 3 is 2.78 bits per heavy atom. The molecule has 1 saturated heterocycles. The number of sulfone groups is 1. The maximum atomic E-state index is 13.2. The summed E-state index contributed by atoms with van der Waals surface area (Å²) in [5.74, 6) is 0. The summed E-state index contributed by atoms with van der Waals surface area (Å²) in [6.45, 7) is 1.81. The summed E-state index contributed by atoms with van der Waals surface area (Å²) in [6, 6.07) is 10.4. The molecule has 2 aromatic heterocycles. The number of rotatable bonds is 4. The van der Waals surface area contributed by atoms with Crippen LogP contribution < -0.4 is 0 Å². The third kappa shape index (κ3) is 3.72. The van der Waals surface area contributed by atoms with E-state index in [4.69, 9.17) is 11.6 Å². The number of benzene rings is 1. The van der Waals surface area contributed by atoms with Gasteiger partial charge in [-0.05, 0) is 56.8 Å². The third-order valence-electron chi connectivity index (χ3n) is 5.07. The van der Waals surface area contributed by atoms with Crippen molar-refractivity contribution in [3.05, 3.63) is 53.8 Å². The van der Waals surface area contributed by atoms with Gasteiger partial charge in [-0.2, -0.15) is 0 Å². The quantitative estimate of drug-likeness (QED) is 0.632. The molecule has 1 aromatic carbocycles. The zero-order chi connectivity index (χ0) is 18.3. The van der Waals surface area contributed by atoms with Gasteiger partial charge in [-0.3, -0.25) is 0 Å². The van der Waals surface area contributed by atoms with Gasteiger partial charge in [-0.15, -0.1) is 12.4 Å². The predicted octanol–water partition coefficient (Wildman–Crippen LogP) is 4.04. The molecule has 0 N–H and O–H groups in total. The van der Waals surface area contributed by atoms with E-state index in [-0.39, 0.29) is 22.2 Å². The van der Waals surface area contributed by atoms with Crippen molar-refractivity contribution in [2.75, 3.05) is 13.6 Å². The Morgan fingerprint density at radius 2 is 2.07 bits per heavy atom. The molecule has 5 nitrogen and oxygen atoms in total. The van der Waals surface area contributed by atoms with E-state index in [1.165, 1.54) is 12.5 Å². The number of aromatic nitrogens is 2. The average molecular weight is 426 g/mol. The highest BCUT2D eigenvalue weighted by atomic mass is 35.5. The van der Waals surface area contributed by atoms with Crippen LogP contribution in [0.1, 0.15) is 12.8 Å². The largest absolute Gasteiger partial charge is 0.330 e. The van der Waals surface area contributed by atoms with Crippen LogP contribution in [0.3, 0.4) is 0 Å². The van der Waals surface area contributed by atoms with Gasteiger partial charge in [0.2, 0.25) is 9.84 Å². The Labute approximate surface area is 170 Å². The van der Waals surface area contributed by atoms with Crippen LogP contribution in [0.15, 0.2) is 58.6 Å². The molecule has 0 radical (unpaired) electrons. The monoisotopic (exact) mass is 425 g/mol. The minimum atomic E-state index is -3.67. The molecule has 1 aliphatic heterocycles. The Balaban J connectivity index is 0.00000210. The Kier molecular flexibility index (Phi) is 5.82. The molecule has 0 amide bonds. The average Bonchev–Trinajstić information content (AvgIpc) is 3.20. The maximum Gasteiger partial charge on any atom is 0.208 e. The number of hydrogen-bond acceptors (Lipinski definition) is 4. The summed E-state index contributed by atoms with van der Waals surface area (Å²) in [7, 11) is -1.56. The van der Waals surface area contributed by atoms with Gasteiger partial charge in [0.1, 0.15) is 5.65 Å². The second-order valence-corrected chi connectivity index (χ2v) is 9.11. The third-order valence-corrected chi connectivity index (χ3v) is 7.09. The molecule has 4 rings (SSSR count). The lowest BCUT2D eigenvalue weighted by atomic mass is 10.2. The number of likely N-dealkylation sites (tertiary alicyclic amines) is 1. The van der Waals surface area contributed by atoms with Crippen molar-refractivity contribution < 1.29 is 8.42 Å². The lowest BCUT2D eigenvalue weighted by Gasteiger charge is -2.20. The molecule has 8 heteroatoms. The molecule has 1 aliphatic rings. The van der Waals surface area contributed by atoms with E-state index in [2.05, 4.69) is 16.9 Å². The first-order valence-electron chi connectivity index (χ1n) is 8.61. The van der Waals surface area contributed by atoms with Crippen molar-refractivity contribution >= 4 is 44.9 Å². The molecule has 0 aliphatic carbocycles. The van der Waals surface area contributed by atoms with E-state index in [1.807, 2.05) is 10.6 Å². The van der Waals surface area contributed by atoms with Gasteiger partial charge in [0.25, 0.3) is 0 Å². The topological polar surface area (TPSA) is 55.2 Å². The van der Waals surface area contributed by atoms with Crippen LogP contribution in [-0.4, -0.2) is 42.5 Å². The molecule has 0 spiro atoms. The van der Waals surface area contributed by atoms with E-state index in [9.17, 15) is 8.42 Å². The number of likely N-dealkylation sites (N-methyl/N-ethyl adjacent to an activating group) is 1. The van der Waals surface area contributed by atoms with Gasteiger partial charge in [-0.25, -0.2) is 13.4 Å². The first kappa shape index (κ1) is 20.1. The number of hydrogen-bond donors (Lipinski definition) is 0. The lowest BCUT2D eigenvalue weighted by molar-refractivity contribution is 0.284. The van der Waals surface area contributed by atoms with Crippen molar-refractivity contribution in [1.82, 2.24) is 14.5 Å². The normalized spacial score (nSPS) is 17.9. The van der Waals surface area contributed by atoms with Crippen LogP contribution in [0.4, 0.5) is 0 Å². The van der Waals surface area contributed by atoms with Crippen molar-refractivity contribution in [2.45, 2.75) is 35.2 Å². The highest BCUT2D eigenvalue weighted by Crippen LogP contribution is 2.31. The highest BCUT2D eigenvalue weighted by Gasteiger charge is 2.27. The summed E-state index contributed by atoms with van der Waals surface area (Å²) in [5.41, 5.74) is 0.702. The summed E-state index contributed by atoms with van der Waals surface area (Å²) >= 11 is 6.00. The van der Waals surface area contributed by atoms with E-state index < -0.39 is 9.84 Å². The minimum Gasteiger partial charge on any atom is -0.330 e. The first-order valence-corrected chi connectivity index (χ1v) is 10.5. The zero-order valence-electron chi connectivity index (χ0n) is 14.9. The van der Waals surface area contributed by atoms with Crippen LogP contribution in [0.5, 0.6) is 0 Å². The van der Waals surface area contributed by atoms with Crippen LogP contribution in [-0.2, 0) is 16.4 Å². The predicted molar refractivity (Wildman–Crippen MR) is 110 cm³/mol. The van der Waals surface area contributed by atoms with Crippen molar-refractivity contribution in [3.8, 4) is 0 Å². The molecule has 0 bridgehead atoms. The standard InChI is InChI=1S/C19H20ClN3O2S.ClH/c1-22-10-4-6-15(22)12-23-13-18(17-8-3-9-21-19(17)23)26(24,25)16-7-2-5-14(20)11-16;/h2-3,5,7-9,11,13,15H,4,6,10,12H2,1H3;1H. The van der Waals surface area contributed by atoms with E-state index >= 15 is 0 Å². The van der Waals surface area contributed by atoms with Crippen LogP contribution in [0.25, 0.3) is 11.0 Å². The minimum absolute atomic E-state index is 0. The molecule has 144 valence electrons. The zero-order valence-corrected chi connectivity index (χ0v) is 17.3. The lowest BCUT2D eigenvalue weighted by Crippen LogP contribution is -2.29. The molecular weight excluding hydrogens is 405 g/mol. The molecule has 0 saturated carbocycles. The maximum absolute atomic E-state index is 13.2. The summed E-state index contributed by atoms with van der Waals surface area (Å²) < 4.78 is 28.4. The highest BCUT2D eigenvalue weighted by molar-refractivity contribution is 7.91. The number of nitrogens with zero attached hydrogens (tertiary/aromatic N) is 3. The van der Waals surface area contributed by atoms with Gasteiger partial charge in [-0.1, -0.05) is 17.7 Å². The molecule has 1 atom stereocenters. The van der Waals surface area contributed by atoms with Crippen molar-refractivity contribution in [3.63, 3.8) is 0 Å². The van der Waals surface area contributed by atoms with Crippen LogP contribution >= 0.6 is 24.0 Å². The molecule has 1 unspecified atom stereocenters. The van der Waals surface area contributed by atoms with E-state index in [0.717, 1.165) is 19.5 Å². The molecular formula is C19H21Cl2N3O2S. The van der Waals surface area contributed by atoms with Crippen molar-refractivity contribution in [1.29, 1.82) is 0 Å². The Morgan fingerprint density at radius 1 is 1.26 bits per heavy atom. The summed E-state index contributed by atoms with van der Waals surface area (Å²) in [6.07, 6.45) is 5.70. The fraction of sp³-hybridized carbons (Fsp3) is 0.316. The van der Waals surface area contributed by atoms with Crippen LogP contribution in [0.2, 0.25) is 5.02 Å². The van der Waals surface area contributed by atoms with Gasteiger partial charge in [0.15, 0.2) is 0 Å². The number of fused-ring (bicyclic) bond motifs is 1. The number of pyridine rings is 1.